The van der Waals surface area contributed by atoms with Gasteiger partial charge in [-0.1, -0.05) is 11.6 Å². The summed E-state index contributed by atoms with van der Waals surface area (Å²) >= 11 is 5.10. The molecule has 1 rings (SSSR count). The van der Waals surface area contributed by atoms with Crippen molar-refractivity contribution in [3.63, 3.8) is 0 Å². The lowest BCUT2D eigenvalue weighted by molar-refractivity contribution is -0.137. The number of hydrogen-bond acceptors (Lipinski definition) is 2. The van der Waals surface area contributed by atoms with Crippen LogP contribution in [0.4, 0.5) is 22.0 Å². The van der Waals surface area contributed by atoms with Crippen LogP contribution in [0.3, 0.4) is 0 Å². The summed E-state index contributed by atoms with van der Waals surface area (Å²) in [6, 6.07) is -0.0105. The fourth-order valence-corrected chi connectivity index (χ4v) is 1.29. The third-order valence-corrected chi connectivity index (χ3v) is 2.04. The second kappa shape index (κ2) is 4.44. The lowest BCUT2D eigenvalue weighted by Gasteiger charge is -2.11. The molecular weight excluding hydrogens is 273 g/mol. The summed E-state index contributed by atoms with van der Waals surface area (Å²) in [5.41, 5.74) is -4.12. The number of aromatic nitrogens is 1. The maximum Gasteiger partial charge on any atom is 0.419 e. The van der Waals surface area contributed by atoms with E-state index in [1.165, 1.54) is 0 Å². The first-order valence-electron chi connectivity index (χ1n) is 3.93. The number of rotatable bonds is 2. The predicted molar refractivity (Wildman–Crippen MR) is 46.2 cm³/mol. The molecular formula is C8H3ClF5NO2. The molecule has 0 unspecified atom stereocenters. The molecule has 1 aromatic heterocycles. The molecule has 0 aliphatic carbocycles. The van der Waals surface area contributed by atoms with E-state index in [1.807, 2.05) is 0 Å². The molecule has 0 spiro atoms. The normalized spacial score (nSPS) is 11.9. The minimum atomic E-state index is -4.98. The number of carboxylic acids is 1. The molecule has 0 bridgehead atoms. The van der Waals surface area contributed by atoms with Gasteiger partial charge in [0.05, 0.1) is 11.1 Å². The van der Waals surface area contributed by atoms with Crippen molar-refractivity contribution in [3.8, 4) is 0 Å². The van der Waals surface area contributed by atoms with Gasteiger partial charge < -0.3 is 5.11 Å². The summed E-state index contributed by atoms with van der Waals surface area (Å²) in [6.07, 6.45) is -8.38. The van der Waals surface area contributed by atoms with Crippen molar-refractivity contribution in [2.75, 3.05) is 0 Å². The van der Waals surface area contributed by atoms with Crippen LogP contribution in [0.5, 0.6) is 0 Å². The Balaban J connectivity index is 3.51. The van der Waals surface area contributed by atoms with E-state index in [2.05, 4.69) is 4.98 Å². The van der Waals surface area contributed by atoms with Crippen LogP contribution in [0.15, 0.2) is 6.07 Å². The molecule has 0 saturated carbocycles. The molecule has 0 fully saturated rings. The van der Waals surface area contributed by atoms with Crippen LogP contribution < -0.4 is 0 Å². The lowest BCUT2D eigenvalue weighted by atomic mass is 10.1. The van der Waals surface area contributed by atoms with Crippen molar-refractivity contribution >= 4 is 17.6 Å². The number of hydrogen-bond donors (Lipinski definition) is 1. The average molecular weight is 276 g/mol. The Bertz CT molecular complexity index is 460. The molecule has 0 amide bonds. The zero-order valence-electron chi connectivity index (χ0n) is 7.73. The second-order valence-corrected chi connectivity index (χ2v) is 3.23. The van der Waals surface area contributed by atoms with Gasteiger partial charge in [-0.05, 0) is 6.07 Å². The molecule has 0 aliphatic rings. The third-order valence-electron chi connectivity index (χ3n) is 1.75. The molecule has 9 heteroatoms. The molecule has 1 heterocycles. The van der Waals surface area contributed by atoms with Crippen LogP contribution in [0, 0.1) is 0 Å². The number of alkyl halides is 5. The van der Waals surface area contributed by atoms with Gasteiger partial charge >= 0.3 is 12.1 Å². The Labute approximate surface area is 95.8 Å². The summed E-state index contributed by atoms with van der Waals surface area (Å²) in [5.74, 6) is -1.88. The Morgan fingerprint density at radius 2 is 1.94 bits per heavy atom. The van der Waals surface area contributed by atoms with Crippen molar-refractivity contribution < 1.29 is 31.9 Å². The highest BCUT2D eigenvalue weighted by molar-refractivity contribution is 6.30. The zero-order valence-corrected chi connectivity index (χ0v) is 8.48. The number of carboxylic acid groups (broad SMARTS) is 1. The first-order valence-corrected chi connectivity index (χ1v) is 4.31. The first kappa shape index (κ1) is 13.6. The number of aromatic carboxylic acids is 1. The molecule has 0 aliphatic heterocycles. The van der Waals surface area contributed by atoms with E-state index in [0.717, 1.165) is 0 Å². The van der Waals surface area contributed by atoms with Gasteiger partial charge in [-0.2, -0.15) is 13.2 Å². The van der Waals surface area contributed by atoms with E-state index >= 15 is 0 Å². The monoisotopic (exact) mass is 275 g/mol. The highest BCUT2D eigenvalue weighted by Crippen LogP contribution is 2.36. The minimum Gasteiger partial charge on any atom is -0.476 e. The van der Waals surface area contributed by atoms with Gasteiger partial charge in [-0.25, -0.2) is 18.6 Å². The minimum absolute atomic E-state index is 0.0105. The maximum atomic E-state index is 12.4. The van der Waals surface area contributed by atoms with Crippen LogP contribution in [-0.2, 0) is 6.18 Å². The number of carbonyl (C=O) groups is 1. The second-order valence-electron chi connectivity index (χ2n) is 2.87. The van der Waals surface area contributed by atoms with Gasteiger partial charge in [-0.15, -0.1) is 0 Å². The van der Waals surface area contributed by atoms with Crippen molar-refractivity contribution in [1.29, 1.82) is 0 Å². The summed E-state index contributed by atoms with van der Waals surface area (Å²) in [7, 11) is 0. The first-order chi connectivity index (χ1) is 7.64. The average Bonchev–Trinajstić information content (AvgIpc) is 2.14. The van der Waals surface area contributed by atoms with Crippen LogP contribution >= 0.6 is 11.6 Å². The van der Waals surface area contributed by atoms with E-state index in [-0.39, 0.29) is 6.07 Å². The highest BCUT2D eigenvalue weighted by atomic mass is 35.5. The number of nitrogens with zero attached hydrogens (tertiary/aromatic N) is 1. The molecule has 3 nitrogen and oxygen atoms in total. The molecule has 0 atom stereocenters. The molecule has 1 aromatic rings. The molecule has 94 valence electrons. The number of pyridine rings is 1. The summed E-state index contributed by atoms with van der Waals surface area (Å²) < 4.78 is 61.7. The number of halogens is 6. The van der Waals surface area contributed by atoms with E-state index in [9.17, 15) is 26.7 Å². The van der Waals surface area contributed by atoms with E-state index in [0.29, 0.717) is 0 Å². The summed E-state index contributed by atoms with van der Waals surface area (Å²) in [6.45, 7) is 0. The molecule has 0 saturated heterocycles. The van der Waals surface area contributed by atoms with E-state index in [4.69, 9.17) is 16.7 Å². The predicted octanol–water partition coefficient (Wildman–Crippen LogP) is 3.39. The van der Waals surface area contributed by atoms with Crippen LogP contribution in [0.2, 0.25) is 5.15 Å². The van der Waals surface area contributed by atoms with Gasteiger partial charge in [0, 0.05) is 0 Å². The van der Waals surface area contributed by atoms with Crippen LogP contribution in [-0.4, -0.2) is 16.1 Å². The van der Waals surface area contributed by atoms with Gasteiger partial charge in [0.25, 0.3) is 6.43 Å². The van der Waals surface area contributed by atoms with Crippen molar-refractivity contribution in [2.45, 2.75) is 12.6 Å². The Kier molecular flexibility index (Phi) is 3.56. The quantitative estimate of drug-likeness (QED) is 0.665. The van der Waals surface area contributed by atoms with Crippen molar-refractivity contribution in [2.24, 2.45) is 0 Å². The van der Waals surface area contributed by atoms with Gasteiger partial charge in [-0.3, -0.25) is 0 Å². The molecule has 0 aromatic carbocycles. The maximum absolute atomic E-state index is 12.4. The molecule has 1 N–H and O–H groups in total. The Hall–Kier alpha value is -1.44. The third kappa shape index (κ3) is 2.82. The SMILES string of the molecule is O=C(O)c1nc(Cl)c(C(F)(F)F)cc1C(F)F. The summed E-state index contributed by atoms with van der Waals surface area (Å²) in [4.78, 5) is 13.3. The Morgan fingerprint density at radius 1 is 1.41 bits per heavy atom. The van der Waals surface area contributed by atoms with Gasteiger partial charge in [0.15, 0.2) is 5.69 Å². The fourth-order valence-electron chi connectivity index (χ4n) is 1.04. The van der Waals surface area contributed by atoms with E-state index in [1.54, 1.807) is 0 Å². The summed E-state index contributed by atoms with van der Waals surface area (Å²) in [5, 5.41) is 7.32. The van der Waals surface area contributed by atoms with Gasteiger partial charge in [0.1, 0.15) is 5.15 Å². The smallest absolute Gasteiger partial charge is 0.419 e. The lowest BCUT2D eigenvalue weighted by Crippen LogP contribution is -2.13. The fraction of sp³-hybridized carbons (Fsp3) is 0.250. The molecule has 17 heavy (non-hydrogen) atoms. The Morgan fingerprint density at radius 3 is 2.29 bits per heavy atom. The van der Waals surface area contributed by atoms with Crippen molar-refractivity contribution in [1.82, 2.24) is 4.98 Å². The molecule has 0 radical (unpaired) electrons. The standard InChI is InChI=1S/C8H3ClF5NO2/c9-5-3(8(12,13)14)1-2(6(10)11)4(15-5)7(16)17/h1,6H,(H,16,17). The van der Waals surface area contributed by atoms with Crippen molar-refractivity contribution in [3.05, 3.63) is 28.0 Å². The topological polar surface area (TPSA) is 50.2 Å². The van der Waals surface area contributed by atoms with Crippen LogP contribution in [0.1, 0.15) is 28.0 Å². The largest absolute Gasteiger partial charge is 0.476 e. The highest BCUT2D eigenvalue weighted by Gasteiger charge is 2.36. The zero-order chi connectivity index (χ0) is 13.4. The van der Waals surface area contributed by atoms with Gasteiger partial charge in [0.2, 0.25) is 0 Å². The van der Waals surface area contributed by atoms with E-state index < -0.39 is 40.5 Å². The van der Waals surface area contributed by atoms with Crippen LogP contribution in [0.25, 0.3) is 0 Å².